The average molecular weight is 258 g/mol. The van der Waals surface area contributed by atoms with Gasteiger partial charge in [0.15, 0.2) is 0 Å². The van der Waals surface area contributed by atoms with E-state index >= 15 is 0 Å². The lowest BCUT2D eigenvalue weighted by molar-refractivity contribution is 0.430. The highest BCUT2D eigenvalue weighted by Gasteiger charge is 2.34. The van der Waals surface area contributed by atoms with Crippen LogP contribution >= 0.6 is 0 Å². The number of aromatic nitrogens is 1. The Labute approximate surface area is 114 Å². The molecule has 0 radical (unpaired) electrons. The van der Waals surface area contributed by atoms with Crippen molar-refractivity contribution >= 4 is 11.5 Å². The van der Waals surface area contributed by atoms with Crippen LogP contribution in [0.4, 0.5) is 5.69 Å². The zero-order valence-electron chi connectivity index (χ0n) is 11.3. The van der Waals surface area contributed by atoms with E-state index in [0.29, 0.717) is 6.04 Å². The molecule has 1 saturated carbocycles. The van der Waals surface area contributed by atoms with Crippen molar-refractivity contribution in [1.82, 2.24) is 4.98 Å². The van der Waals surface area contributed by atoms with E-state index in [-0.39, 0.29) is 5.84 Å². The summed E-state index contributed by atoms with van der Waals surface area (Å²) in [7, 11) is 0. The van der Waals surface area contributed by atoms with E-state index in [9.17, 15) is 0 Å². The fraction of sp³-hybridized carbons (Fsp3) is 0.600. The van der Waals surface area contributed by atoms with Gasteiger partial charge in [0.05, 0.1) is 11.9 Å². The Hall–Kier alpha value is -1.58. The number of hydrogen-bond acceptors (Lipinski definition) is 3. The molecule has 4 heteroatoms. The molecule has 2 fully saturated rings. The molecule has 1 aliphatic carbocycles. The van der Waals surface area contributed by atoms with Gasteiger partial charge < -0.3 is 10.6 Å². The summed E-state index contributed by atoms with van der Waals surface area (Å²) >= 11 is 0. The average Bonchev–Trinajstić information content (AvgIpc) is 3.09. The third kappa shape index (κ3) is 2.31. The molecule has 1 unspecified atom stereocenters. The molecule has 0 spiro atoms. The number of nitrogens with two attached hydrogens (primary N) is 1. The van der Waals surface area contributed by atoms with Gasteiger partial charge in [0.25, 0.3) is 0 Å². The predicted octanol–water partition coefficient (Wildman–Crippen LogP) is 2.52. The van der Waals surface area contributed by atoms with Crippen LogP contribution in [0.2, 0.25) is 0 Å². The van der Waals surface area contributed by atoms with Crippen molar-refractivity contribution < 1.29 is 0 Å². The van der Waals surface area contributed by atoms with Gasteiger partial charge in [-0.1, -0.05) is 12.8 Å². The minimum Gasteiger partial charge on any atom is -0.384 e. The summed E-state index contributed by atoms with van der Waals surface area (Å²) in [4.78, 5) is 6.70. The number of nitrogens with zero attached hydrogens (tertiary/aromatic N) is 2. The lowest BCUT2D eigenvalue weighted by Gasteiger charge is -2.32. The highest BCUT2D eigenvalue weighted by atomic mass is 15.2. The molecule has 1 atom stereocenters. The summed E-state index contributed by atoms with van der Waals surface area (Å²) in [6.07, 6.45) is 11.6. The minimum absolute atomic E-state index is 0.148. The van der Waals surface area contributed by atoms with Crippen LogP contribution in [0.5, 0.6) is 0 Å². The van der Waals surface area contributed by atoms with Crippen molar-refractivity contribution in [2.75, 3.05) is 11.4 Å². The van der Waals surface area contributed by atoms with E-state index in [0.717, 1.165) is 23.7 Å². The minimum atomic E-state index is 0.148. The molecule has 0 bridgehead atoms. The molecule has 1 aliphatic heterocycles. The topological polar surface area (TPSA) is 66.0 Å². The Kier molecular flexibility index (Phi) is 3.40. The van der Waals surface area contributed by atoms with E-state index in [1.54, 1.807) is 6.20 Å². The van der Waals surface area contributed by atoms with Gasteiger partial charge in [-0.05, 0) is 37.7 Å². The second kappa shape index (κ2) is 5.19. The van der Waals surface area contributed by atoms with Crippen LogP contribution < -0.4 is 10.6 Å². The van der Waals surface area contributed by atoms with Gasteiger partial charge in [-0.15, -0.1) is 0 Å². The molecule has 1 saturated heterocycles. The van der Waals surface area contributed by atoms with E-state index in [2.05, 4.69) is 9.88 Å². The fourth-order valence-corrected chi connectivity index (χ4v) is 3.77. The highest BCUT2D eigenvalue weighted by Crippen LogP contribution is 2.38. The van der Waals surface area contributed by atoms with Crippen LogP contribution in [0, 0.1) is 11.3 Å². The van der Waals surface area contributed by atoms with Crippen LogP contribution in [0.1, 0.15) is 44.1 Å². The van der Waals surface area contributed by atoms with Crippen LogP contribution in [0.25, 0.3) is 0 Å². The maximum absolute atomic E-state index is 7.74. The van der Waals surface area contributed by atoms with Crippen molar-refractivity contribution in [3.8, 4) is 0 Å². The molecule has 1 aromatic rings. The number of amidine groups is 1. The molecule has 0 amide bonds. The summed E-state index contributed by atoms with van der Waals surface area (Å²) in [5, 5.41) is 7.74. The van der Waals surface area contributed by atoms with Crippen LogP contribution in [0.15, 0.2) is 18.5 Å². The summed E-state index contributed by atoms with van der Waals surface area (Å²) in [5.41, 5.74) is 7.60. The summed E-state index contributed by atoms with van der Waals surface area (Å²) in [6.45, 7) is 1.08. The normalized spacial score (nSPS) is 24.0. The monoisotopic (exact) mass is 258 g/mol. The van der Waals surface area contributed by atoms with Gasteiger partial charge >= 0.3 is 0 Å². The van der Waals surface area contributed by atoms with Crippen molar-refractivity contribution in [2.24, 2.45) is 11.7 Å². The van der Waals surface area contributed by atoms with E-state index < -0.39 is 0 Å². The molecule has 1 aromatic heterocycles. The Bertz CT molecular complexity index is 465. The molecule has 2 heterocycles. The quantitative estimate of drug-likeness (QED) is 0.646. The molecule has 2 aliphatic rings. The SMILES string of the molecule is N=C(N)c1ccncc1N1CCCC1C1CCCC1. The highest BCUT2D eigenvalue weighted by molar-refractivity contribution is 6.00. The number of nitrogen functional groups attached to an aromatic ring is 1. The summed E-state index contributed by atoms with van der Waals surface area (Å²) in [6, 6.07) is 2.49. The first-order valence-corrected chi connectivity index (χ1v) is 7.32. The molecule has 4 nitrogen and oxygen atoms in total. The first-order chi connectivity index (χ1) is 9.27. The Morgan fingerprint density at radius 2 is 2.05 bits per heavy atom. The van der Waals surface area contributed by atoms with E-state index in [4.69, 9.17) is 11.1 Å². The van der Waals surface area contributed by atoms with Crippen molar-refractivity contribution in [1.29, 1.82) is 5.41 Å². The first-order valence-electron chi connectivity index (χ1n) is 7.32. The van der Waals surface area contributed by atoms with Gasteiger partial charge in [-0.25, -0.2) is 0 Å². The molecule has 0 aromatic carbocycles. The number of hydrogen-bond donors (Lipinski definition) is 2. The second-order valence-corrected chi connectivity index (χ2v) is 5.75. The third-order valence-corrected chi connectivity index (χ3v) is 4.64. The number of anilines is 1. The molecule has 102 valence electrons. The van der Waals surface area contributed by atoms with E-state index in [1.165, 1.54) is 38.5 Å². The maximum Gasteiger partial charge on any atom is 0.125 e. The van der Waals surface area contributed by atoms with Gasteiger partial charge in [-0.2, -0.15) is 0 Å². The number of pyridine rings is 1. The Morgan fingerprint density at radius 1 is 1.26 bits per heavy atom. The zero-order chi connectivity index (χ0) is 13.2. The van der Waals surface area contributed by atoms with Crippen molar-refractivity contribution in [3.63, 3.8) is 0 Å². The molecule has 3 N–H and O–H groups in total. The number of rotatable bonds is 3. The number of nitrogens with one attached hydrogen (secondary N) is 1. The van der Waals surface area contributed by atoms with Crippen LogP contribution in [-0.2, 0) is 0 Å². The lowest BCUT2D eigenvalue weighted by Crippen LogP contribution is -2.36. The Balaban J connectivity index is 1.90. The predicted molar refractivity (Wildman–Crippen MR) is 77.6 cm³/mol. The standard InChI is InChI=1S/C15H22N4/c16-15(17)12-7-8-18-10-14(12)19-9-3-6-13(19)11-4-1-2-5-11/h7-8,10-11,13H,1-6,9H2,(H3,16,17). The van der Waals surface area contributed by atoms with Gasteiger partial charge in [0.1, 0.15) is 5.84 Å². The molecule has 3 rings (SSSR count). The van der Waals surface area contributed by atoms with Gasteiger partial charge in [0.2, 0.25) is 0 Å². The van der Waals surface area contributed by atoms with Gasteiger partial charge in [0, 0.05) is 24.3 Å². The lowest BCUT2D eigenvalue weighted by atomic mass is 9.95. The maximum atomic E-state index is 7.74. The molecule has 19 heavy (non-hydrogen) atoms. The second-order valence-electron chi connectivity index (χ2n) is 5.75. The third-order valence-electron chi connectivity index (χ3n) is 4.64. The van der Waals surface area contributed by atoms with Crippen molar-refractivity contribution in [2.45, 2.75) is 44.6 Å². The fourth-order valence-electron chi connectivity index (χ4n) is 3.77. The van der Waals surface area contributed by atoms with Gasteiger partial charge in [-0.3, -0.25) is 10.4 Å². The molecular formula is C15H22N4. The van der Waals surface area contributed by atoms with Crippen LogP contribution in [0.3, 0.4) is 0 Å². The summed E-state index contributed by atoms with van der Waals surface area (Å²) < 4.78 is 0. The molecular weight excluding hydrogens is 236 g/mol. The van der Waals surface area contributed by atoms with Crippen LogP contribution in [-0.4, -0.2) is 23.4 Å². The van der Waals surface area contributed by atoms with E-state index in [1.807, 2.05) is 12.3 Å². The smallest absolute Gasteiger partial charge is 0.125 e. The Morgan fingerprint density at radius 3 is 2.79 bits per heavy atom. The summed E-state index contributed by atoms with van der Waals surface area (Å²) in [5.74, 6) is 0.969. The largest absolute Gasteiger partial charge is 0.384 e. The zero-order valence-corrected chi connectivity index (χ0v) is 11.3. The van der Waals surface area contributed by atoms with Crippen molar-refractivity contribution in [3.05, 3.63) is 24.0 Å². The first kappa shape index (κ1) is 12.5.